The average molecular weight is 248 g/mol. The van der Waals surface area contributed by atoms with Gasteiger partial charge in [-0.25, -0.2) is 0 Å². The molecule has 18 heavy (non-hydrogen) atoms. The summed E-state index contributed by atoms with van der Waals surface area (Å²) in [5.41, 5.74) is 0. The Morgan fingerprint density at radius 3 is 2.94 bits per heavy atom. The largest absolute Gasteiger partial charge is 0.314 e. The first-order chi connectivity index (χ1) is 8.78. The Hall–Kier alpha value is -0.900. The fraction of sp³-hybridized carbons (Fsp3) is 0.857. The van der Waals surface area contributed by atoms with E-state index in [2.05, 4.69) is 33.9 Å². The van der Waals surface area contributed by atoms with Crippen LogP contribution < -0.4 is 5.32 Å². The normalized spacial score (nSPS) is 31.6. The van der Waals surface area contributed by atoms with Crippen molar-refractivity contribution in [1.29, 1.82) is 0 Å². The molecule has 100 valence electrons. The lowest BCUT2D eigenvalue weighted by atomic mass is 10.0. The molecule has 0 amide bonds. The van der Waals surface area contributed by atoms with Crippen LogP contribution in [-0.4, -0.2) is 20.8 Å². The van der Waals surface area contributed by atoms with E-state index >= 15 is 0 Å². The molecular weight excluding hydrogens is 224 g/mol. The van der Waals surface area contributed by atoms with Gasteiger partial charge in [0, 0.05) is 12.6 Å². The van der Waals surface area contributed by atoms with Crippen molar-refractivity contribution < 1.29 is 0 Å². The summed E-state index contributed by atoms with van der Waals surface area (Å²) in [6, 6.07) is 1.13. The third-order valence-corrected chi connectivity index (χ3v) is 4.71. The van der Waals surface area contributed by atoms with Crippen LogP contribution in [0.3, 0.4) is 0 Å². The number of nitrogens with zero attached hydrogens (tertiary/aromatic N) is 3. The van der Waals surface area contributed by atoms with Gasteiger partial charge in [-0.2, -0.15) is 0 Å². The zero-order chi connectivity index (χ0) is 12.5. The quantitative estimate of drug-likeness (QED) is 0.894. The SMILES string of the molecule is CCC1CCC(NC2CCCn3c(C)nnc32)C1. The summed E-state index contributed by atoms with van der Waals surface area (Å²) in [4.78, 5) is 0. The van der Waals surface area contributed by atoms with Gasteiger partial charge in [0.1, 0.15) is 11.6 Å². The molecule has 2 aliphatic rings. The third kappa shape index (κ3) is 2.18. The Morgan fingerprint density at radius 1 is 1.28 bits per heavy atom. The van der Waals surface area contributed by atoms with Crippen LogP contribution in [0.5, 0.6) is 0 Å². The molecule has 4 nitrogen and oxygen atoms in total. The topological polar surface area (TPSA) is 42.7 Å². The number of fused-ring (bicyclic) bond motifs is 1. The number of aromatic nitrogens is 3. The molecule has 0 saturated heterocycles. The summed E-state index contributed by atoms with van der Waals surface area (Å²) < 4.78 is 2.29. The summed E-state index contributed by atoms with van der Waals surface area (Å²) in [6.07, 6.45) is 7.87. The smallest absolute Gasteiger partial charge is 0.150 e. The zero-order valence-corrected chi connectivity index (χ0v) is 11.5. The second kappa shape index (κ2) is 5.00. The third-order valence-electron chi connectivity index (χ3n) is 4.71. The van der Waals surface area contributed by atoms with Gasteiger partial charge in [-0.3, -0.25) is 0 Å². The number of rotatable bonds is 3. The minimum absolute atomic E-state index is 0.431. The lowest BCUT2D eigenvalue weighted by Crippen LogP contribution is -2.35. The molecule has 2 heterocycles. The number of aryl methyl sites for hydroxylation is 1. The van der Waals surface area contributed by atoms with Crippen molar-refractivity contribution >= 4 is 0 Å². The predicted molar refractivity (Wildman–Crippen MR) is 71.3 cm³/mol. The second-order valence-corrected chi connectivity index (χ2v) is 5.90. The van der Waals surface area contributed by atoms with Gasteiger partial charge >= 0.3 is 0 Å². The van der Waals surface area contributed by atoms with Crippen LogP contribution in [0.2, 0.25) is 0 Å². The van der Waals surface area contributed by atoms with E-state index < -0.39 is 0 Å². The molecule has 0 bridgehead atoms. The molecule has 1 saturated carbocycles. The van der Waals surface area contributed by atoms with Crippen molar-refractivity contribution in [3.05, 3.63) is 11.6 Å². The van der Waals surface area contributed by atoms with E-state index in [9.17, 15) is 0 Å². The molecule has 3 rings (SSSR count). The van der Waals surface area contributed by atoms with Crippen LogP contribution in [0.15, 0.2) is 0 Å². The Morgan fingerprint density at radius 2 is 2.17 bits per heavy atom. The minimum Gasteiger partial charge on any atom is -0.314 e. The van der Waals surface area contributed by atoms with Gasteiger partial charge in [-0.1, -0.05) is 13.3 Å². The summed E-state index contributed by atoms with van der Waals surface area (Å²) in [6.45, 7) is 5.46. The molecule has 1 aliphatic carbocycles. The van der Waals surface area contributed by atoms with E-state index in [4.69, 9.17) is 0 Å². The van der Waals surface area contributed by atoms with Crippen molar-refractivity contribution in [2.24, 2.45) is 5.92 Å². The van der Waals surface area contributed by atoms with E-state index in [0.29, 0.717) is 12.1 Å². The molecule has 0 aromatic carbocycles. The Kier molecular flexibility index (Phi) is 3.37. The lowest BCUT2D eigenvalue weighted by molar-refractivity contribution is 0.340. The van der Waals surface area contributed by atoms with E-state index in [-0.39, 0.29) is 0 Å². The van der Waals surface area contributed by atoms with Crippen LogP contribution in [0.1, 0.15) is 63.1 Å². The van der Waals surface area contributed by atoms with Gasteiger partial charge < -0.3 is 9.88 Å². The lowest BCUT2D eigenvalue weighted by Gasteiger charge is -2.27. The molecule has 0 radical (unpaired) electrons. The van der Waals surface area contributed by atoms with Crippen LogP contribution in [0.25, 0.3) is 0 Å². The van der Waals surface area contributed by atoms with Crippen molar-refractivity contribution in [2.75, 3.05) is 0 Å². The monoisotopic (exact) mass is 248 g/mol. The molecule has 1 fully saturated rings. The molecular formula is C14H24N4. The maximum Gasteiger partial charge on any atom is 0.150 e. The Labute approximate surface area is 109 Å². The highest BCUT2D eigenvalue weighted by molar-refractivity contribution is 5.04. The molecule has 1 aliphatic heterocycles. The number of hydrogen-bond acceptors (Lipinski definition) is 3. The van der Waals surface area contributed by atoms with Gasteiger partial charge in [-0.05, 0) is 44.9 Å². The number of hydrogen-bond donors (Lipinski definition) is 1. The fourth-order valence-electron chi connectivity index (χ4n) is 3.55. The first-order valence-electron chi connectivity index (χ1n) is 7.43. The highest BCUT2D eigenvalue weighted by Gasteiger charge is 2.29. The van der Waals surface area contributed by atoms with Crippen LogP contribution in [0, 0.1) is 12.8 Å². The van der Waals surface area contributed by atoms with E-state index in [1.807, 2.05) is 0 Å². The highest BCUT2D eigenvalue weighted by atomic mass is 15.3. The Bertz CT molecular complexity index is 412. The standard InChI is InChI=1S/C14H24N4/c1-3-11-6-7-12(9-11)15-13-5-4-8-18-10(2)16-17-14(13)18/h11-13,15H,3-9H2,1-2H3. The minimum atomic E-state index is 0.431. The first kappa shape index (κ1) is 12.2. The molecule has 1 aromatic heterocycles. The van der Waals surface area contributed by atoms with E-state index in [0.717, 1.165) is 18.3 Å². The van der Waals surface area contributed by atoms with Gasteiger partial charge in [-0.15, -0.1) is 10.2 Å². The Balaban J connectivity index is 1.67. The molecule has 1 N–H and O–H groups in total. The van der Waals surface area contributed by atoms with Gasteiger partial charge in [0.05, 0.1) is 6.04 Å². The second-order valence-electron chi connectivity index (χ2n) is 5.90. The number of nitrogens with one attached hydrogen (secondary N) is 1. The van der Waals surface area contributed by atoms with Gasteiger partial charge in [0.15, 0.2) is 0 Å². The molecule has 4 heteroatoms. The average Bonchev–Trinajstić information content (AvgIpc) is 2.98. The molecule has 1 aromatic rings. The van der Waals surface area contributed by atoms with Crippen molar-refractivity contribution in [3.63, 3.8) is 0 Å². The zero-order valence-electron chi connectivity index (χ0n) is 11.5. The van der Waals surface area contributed by atoms with Gasteiger partial charge in [0.2, 0.25) is 0 Å². The van der Waals surface area contributed by atoms with Crippen molar-refractivity contribution in [1.82, 2.24) is 20.1 Å². The summed E-state index contributed by atoms with van der Waals surface area (Å²) in [7, 11) is 0. The summed E-state index contributed by atoms with van der Waals surface area (Å²) in [5.74, 6) is 3.17. The van der Waals surface area contributed by atoms with E-state index in [1.165, 1.54) is 44.3 Å². The summed E-state index contributed by atoms with van der Waals surface area (Å²) >= 11 is 0. The van der Waals surface area contributed by atoms with E-state index in [1.54, 1.807) is 0 Å². The summed E-state index contributed by atoms with van der Waals surface area (Å²) in [5, 5.41) is 12.4. The van der Waals surface area contributed by atoms with Crippen LogP contribution >= 0.6 is 0 Å². The van der Waals surface area contributed by atoms with Crippen molar-refractivity contribution in [3.8, 4) is 0 Å². The maximum absolute atomic E-state index is 4.37. The van der Waals surface area contributed by atoms with Crippen molar-refractivity contribution in [2.45, 2.75) is 71.0 Å². The van der Waals surface area contributed by atoms with Gasteiger partial charge in [0.25, 0.3) is 0 Å². The molecule has 3 atom stereocenters. The maximum atomic E-state index is 4.37. The van der Waals surface area contributed by atoms with Crippen LogP contribution in [0.4, 0.5) is 0 Å². The fourth-order valence-corrected chi connectivity index (χ4v) is 3.55. The predicted octanol–water partition coefficient (Wildman–Crippen LogP) is 2.59. The first-order valence-corrected chi connectivity index (χ1v) is 7.43. The highest BCUT2D eigenvalue weighted by Crippen LogP contribution is 2.31. The molecule has 3 unspecified atom stereocenters. The molecule has 0 spiro atoms. The van der Waals surface area contributed by atoms with Crippen LogP contribution in [-0.2, 0) is 6.54 Å².